The summed E-state index contributed by atoms with van der Waals surface area (Å²) in [7, 11) is 0. The molecule has 1 aromatic heterocycles. The second-order valence-electron chi connectivity index (χ2n) is 5.23. The number of hydrogen-bond donors (Lipinski definition) is 3. The Morgan fingerprint density at radius 2 is 2.25 bits per heavy atom. The molecule has 3 rings (SSSR count). The molecule has 2 saturated heterocycles. The lowest BCUT2D eigenvalue weighted by atomic mass is 9.91. The zero-order valence-electron chi connectivity index (χ0n) is 11.0. The third-order valence-electron chi connectivity index (χ3n) is 4.03. The molecule has 20 heavy (non-hydrogen) atoms. The second kappa shape index (κ2) is 4.66. The van der Waals surface area contributed by atoms with Crippen LogP contribution in [0.15, 0.2) is 12.1 Å². The smallest absolute Gasteiger partial charge is 0.267 e. The van der Waals surface area contributed by atoms with Gasteiger partial charge >= 0.3 is 0 Å². The van der Waals surface area contributed by atoms with Crippen LogP contribution in [0.1, 0.15) is 23.3 Å². The Morgan fingerprint density at radius 1 is 1.45 bits per heavy atom. The molecule has 2 atom stereocenters. The summed E-state index contributed by atoms with van der Waals surface area (Å²) >= 11 is 0. The van der Waals surface area contributed by atoms with E-state index in [0.717, 1.165) is 19.4 Å². The van der Waals surface area contributed by atoms with Crippen molar-refractivity contribution in [1.82, 2.24) is 10.3 Å². The predicted molar refractivity (Wildman–Crippen MR) is 74.0 cm³/mol. The minimum Gasteiger partial charge on any atom is -0.396 e. The van der Waals surface area contributed by atoms with E-state index in [0.29, 0.717) is 18.1 Å². The van der Waals surface area contributed by atoms with Gasteiger partial charge in [0.1, 0.15) is 5.69 Å². The zero-order valence-corrected chi connectivity index (χ0v) is 11.0. The molecule has 0 bridgehead atoms. The number of fused-ring (bicyclic) bond motifs is 1. The average molecular weight is 275 g/mol. The van der Waals surface area contributed by atoms with Gasteiger partial charge in [-0.25, -0.2) is 4.98 Å². The molecular formula is C13H17N5O2. The minimum absolute atomic E-state index is 0.0258. The topological polar surface area (TPSA) is 114 Å². The second-order valence-corrected chi connectivity index (χ2v) is 5.23. The molecule has 0 radical (unpaired) electrons. The molecule has 5 N–H and O–H groups in total. The van der Waals surface area contributed by atoms with Crippen LogP contribution in [0.25, 0.3) is 0 Å². The molecule has 2 aliphatic rings. The number of pyridine rings is 1. The quantitative estimate of drug-likeness (QED) is 0.671. The Morgan fingerprint density at radius 3 is 3.00 bits per heavy atom. The van der Waals surface area contributed by atoms with Crippen LogP contribution in [-0.4, -0.2) is 35.9 Å². The van der Waals surface area contributed by atoms with Crippen LogP contribution in [0.2, 0.25) is 0 Å². The maximum atomic E-state index is 11.8. The van der Waals surface area contributed by atoms with E-state index in [1.165, 1.54) is 6.07 Å². The van der Waals surface area contributed by atoms with Crippen molar-refractivity contribution in [2.75, 3.05) is 23.7 Å². The number of nitrogen functional groups attached to an aromatic ring is 1. The molecule has 7 nitrogen and oxygen atoms in total. The first kappa shape index (κ1) is 12.7. The van der Waals surface area contributed by atoms with E-state index in [-0.39, 0.29) is 23.6 Å². The highest BCUT2D eigenvalue weighted by Gasteiger charge is 2.41. The number of carbonyl (C=O) groups excluding carboxylic acids is 2. The van der Waals surface area contributed by atoms with Gasteiger partial charge < -0.3 is 21.7 Å². The molecule has 106 valence electrons. The molecule has 1 aromatic rings. The standard InChI is InChI=1S/C13H17N5O2/c14-8-3-4-9(11(15)19)17-12(8)18-5-1-2-7-10(18)6-16-13(7)20/h3-4,7,10H,1-2,5-6,14H2,(H2,15,19)(H,16,20). The first-order chi connectivity index (χ1) is 9.58. The Balaban J connectivity index is 1.97. The van der Waals surface area contributed by atoms with Gasteiger partial charge in [0, 0.05) is 13.1 Å². The van der Waals surface area contributed by atoms with Crippen LogP contribution < -0.4 is 21.7 Å². The third kappa shape index (κ3) is 1.95. The number of aromatic nitrogens is 1. The molecule has 2 unspecified atom stereocenters. The summed E-state index contributed by atoms with van der Waals surface area (Å²) in [6.45, 7) is 1.36. The number of nitrogens with zero attached hydrogens (tertiary/aromatic N) is 2. The number of primary amides is 1. The Kier molecular flexibility index (Phi) is 2.96. The van der Waals surface area contributed by atoms with Gasteiger partial charge in [-0.2, -0.15) is 0 Å². The lowest BCUT2D eigenvalue weighted by Crippen LogP contribution is -2.46. The van der Waals surface area contributed by atoms with Crippen LogP contribution >= 0.6 is 0 Å². The fourth-order valence-corrected chi connectivity index (χ4v) is 3.04. The Hall–Kier alpha value is -2.31. The van der Waals surface area contributed by atoms with Crippen molar-refractivity contribution in [2.24, 2.45) is 11.7 Å². The number of rotatable bonds is 2. The van der Waals surface area contributed by atoms with Crippen molar-refractivity contribution in [3.63, 3.8) is 0 Å². The lowest BCUT2D eigenvalue weighted by molar-refractivity contribution is -0.123. The predicted octanol–water partition coefficient (Wildman–Crippen LogP) is -0.522. The molecule has 3 heterocycles. The Bertz CT molecular complexity index is 574. The zero-order chi connectivity index (χ0) is 14.3. The molecule has 0 aliphatic carbocycles. The lowest BCUT2D eigenvalue weighted by Gasteiger charge is -2.37. The van der Waals surface area contributed by atoms with E-state index >= 15 is 0 Å². The highest BCUT2D eigenvalue weighted by Crippen LogP contribution is 2.33. The highest BCUT2D eigenvalue weighted by atomic mass is 16.2. The minimum atomic E-state index is -0.583. The van der Waals surface area contributed by atoms with E-state index < -0.39 is 5.91 Å². The van der Waals surface area contributed by atoms with Gasteiger partial charge in [-0.05, 0) is 25.0 Å². The van der Waals surface area contributed by atoms with Crippen molar-refractivity contribution in [3.05, 3.63) is 17.8 Å². The van der Waals surface area contributed by atoms with E-state index in [2.05, 4.69) is 10.3 Å². The summed E-state index contributed by atoms with van der Waals surface area (Å²) in [5, 5.41) is 2.88. The van der Waals surface area contributed by atoms with Crippen molar-refractivity contribution in [3.8, 4) is 0 Å². The number of anilines is 2. The normalized spacial score (nSPS) is 25.2. The number of nitrogens with two attached hydrogens (primary N) is 2. The molecule has 0 aromatic carbocycles. The number of amides is 2. The van der Waals surface area contributed by atoms with Gasteiger partial charge in [-0.1, -0.05) is 0 Å². The first-order valence-corrected chi connectivity index (χ1v) is 6.68. The van der Waals surface area contributed by atoms with E-state index in [1.54, 1.807) is 6.07 Å². The number of piperidine rings is 1. The van der Waals surface area contributed by atoms with Crippen LogP contribution in [0, 0.1) is 5.92 Å². The van der Waals surface area contributed by atoms with Crippen LogP contribution in [0.5, 0.6) is 0 Å². The van der Waals surface area contributed by atoms with Crippen molar-refractivity contribution < 1.29 is 9.59 Å². The summed E-state index contributed by atoms with van der Waals surface area (Å²) < 4.78 is 0. The number of hydrogen-bond acceptors (Lipinski definition) is 5. The van der Waals surface area contributed by atoms with Gasteiger partial charge in [0.05, 0.1) is 17.6 Å². The van der Waals surface area contributed by atoms with Gasteiger partial charge in [0.15, 0.2) is 5.82 Å². The molecule has 2 fully saturated rings. The van der Waals surface area contributed by atoms with Crippen LogP contribution in [0.4, 0.5) is 11.5 Å². The van der Waals surface area contributed by atoms with Crippen molar-refractivity contribution >= 4 is 23.3 Å². The molecular weight excluding hydrogens is 258 g/mol. The number of nitrogens with one attached hydrogen (secondary N) is 1. The summed E-state index contributed by atoms with van der Waals surface area (Å²) in [6, 6.07) is 3.20. The largest absolute Gasteiger partial charge is 0.396 e. The highest BCUT2D eigenvalue weighted by molar-refractivity contribution is 5.92. The fourth-order valence-electron chi connectivity index (χ4n) is 3.04. The average Bonchev–Trinajstić information content (AvgIpc) is 2.81. The van der Waals surface area contributed by atoms with Gasteiger partial charge in [0.25, 0.3) is 5.91 Å². The maximum Gasteiger partial charge on any atom is 0.267 e. The molecule has 2 amide bonds. The SMILES string of the molecule is NC(=O)c1ccc(N)c(N2CCCC3C(=O)NCC32)n1. The van der Waals surface area contributed by atoms with Crippen molar-refractivity contribution in [2.45, 2.75) is 18.9 Å². The monoisotopic (exact) mass is 275 g/mol. The maximum absolute atomic E-state index is 11.8. The summed E-state index contributed by atoms with van der Waals surface area (Å²) in [4.78, 5) is 29.3. The van der Waals surface area contributed by atoms with Gasteiger partial charge in [0.2, 0.25) is 5.91 Å². The van der Waals surface area contributed by atoms with E-state index in [4.69, 9.17) is 11.5 Å². The van der Waals surface area contributed by atoms with E-state index in [1.807, 2.05) is 4.90 Å². The summed E-state index contributed by atoms with van der Waals surface area (Å²) in [6.07, 6.45) is 1.78. The molecule has 7 heteroatoms. The summed E-state index contributed by atoms with van der Waals surface area (Å²) in [5.74, 6) is 0.0273. The van der Waals surface area contributed by atoms with Gasteiger partial charge in [-0.15, -0.1) is 0 Å². The number of carbonyl (C=O) groups is 2. The Labute approximate surface area is 116 Å². The molecule has 0 saturated carbocycles. The summed E-state index contributed by atoms with van der Waals surface area (Å²) in [5.41, 5.74) is 11.9. The fraction of sp³-hybridized carbons (Fsp3) is 0.462. The third-order valence-corrected chi connectivity index (χ3v) is 4.03. The molecule has 0 spiro atoms. The molecule has 2 aliphatic heterocycles. The van der Waals surface area contributed by atoms with Crippen molar-refractivity contribution in [1.29, 1.82) is 0 Å². The van der Waals surface area contributed by atoms with Crippen LogP contribution in [0.3, 0.4) is 0 Å². The van der Waals surface area contributed by atoms with E-state index in [9.17, 15) is 9.59 Å². The van der Waals surface area contributed by atoms with Gasteiger partial charge in [-0.3, -0.25) is 9.59 Å². The first-order valence-electron chi connectivity index (χ1n) is 6.68. The van der Waals surface area contributed by atoms with Crippen LogP contribution in [-0.2, 0) is 4.79 Å².